The maximum Gasteiger partial charge on any atom is 0.255 e. The number of methoxy groups -OCH3 is 1. The summed E-state index contributed by atoms with van der Waals surface area (Å²) in [6, 6.07) is 17.0. The van der Waals surface area contributed by atoms with Crippen molar-refractivity contribution in [2.45, 2.75) is 24.8 Å². The summed E-state index contributed by atoms with van der Waals surface area (Å²) in [7, 11) is -0.448. The minimum atomic E-state index is -3.59. The van der Waals surface area contributed by atoms with Crippen molar-refractivity contribution in [3.05, 3.63) is 66.2 Å². The summed E-state index contributed by atoms with van der Waals surface area (Å²) >= 11 is 0. The molecule has 0 aromatic heterocycles. The van der Waals surface area contributed by atoms with Crippen molar-refractivity contribution in [1.29, 1.82) is 0 Å². The van der Waals surface area contributed by atoms with Crippen LogP contribution in [0.2, 0.25) is 0 Å². The first-order chi connectivity index (χ1) is 13.8. The van der Waals surface area contributed by atoms with Crippen LogP contribution >= 0.6 is 0 Å². The number of hydrogen-bond donors (Lipinski definition) is 1. The van der Waals surface area contributed by atoms with E-state index < -0.39 is 10.0 Å². The van der Waals surface area contributed by atoms with Crippen LogP contribution < -0.4 is 10.1 Å². The van der Waals surface area contributed by atoms with Crippen LogP contribution in [-0.4, -0.2) is 38.8 Å². The molecule has 0 aliphatic carbocycles. The zero-order valence-corrected chi connectivity index (χ0v) is 17.7. The quantitative estimate of drug-likeness (QED) is 0.661. The van der Waals surface area contributed by atoms with Gasteiger partial charge in [-0.3, -0.25) is 4.79 Å². The van der Waals surface area contributed by atoms with Gasteiger partial charge < -0.3 is 10.1 Å². The molecular formula is C22H24N2O4S. The Labute approximate surface area is 171 Å². The summed E-state index contributed by atoms with van der Waals surface area (Å²) in [6.07, 6.45) is 0. The molecule has 0 bridgehead atoms. The lowest BCUT2D eigenvalue weighted by atomic mass is 10.1. The molecule has 0 fully saturated rings. The first-order valence-corrected chi connectivity index (χ1v) is 10.6. The lowest BCUT2D eigenvalue weighted by Crippen LogP contribution is -2.33. The molecule has 7 heteroatoms. The van der Waals surface area contributed by atoms with Crippen molar-refractivity contribution >= 4 is 32.4 Å². The number of hydrogen-bond acceptors (Lipinski definition) is 4. The molecule has 3 aromatic rings. The highest BCUT2D eigenvalue weighted by Crippen LogP contribution is 2.31. The topological polar surface area (TPSA) is 75.7 Å². The number of sulfonamides is 1. The second kappa shape index (κ2) is 8.23. The molecule has 0 saturated heterocycles. The van der Waals surface area contributed by atoms with Crippen LogP contribution in [0.1, 0.15) is 24.2 Å². The zero-order valence-electron chi connectivity index (χ0n) is 16.8. The SMILES string of the molecule is COc1ccc(NC(=O)c2ccc(S(=O)(=O)N(C)C(C)C)cc2)c2ccccc12. The van der Waals surface area contributed by atoms with E-state index in [1.807, 2.05) is 24.3 Å². The Balaban J connectivity index is 1.87. The molecule has 1 N–H and O–H groups in total. The Morgan fingerprint density at radius 1 is 0.966 bits per heavy atom. The summed E-state index contributed by atoms with van der Waals surface area (Å²) in [6.45, 7) is 3.61. The lowest BCUT2D eigenvalue weighted by Gasteiger charge is -2.21. The summed E-state index contributed by atoms with van der Waals surface area (Å²) in [5.41, 5.74) is 1.03. The smallest absolute Gasteiger partial charge is 0.255 e. The zero-order chi connectivity index (χ0) is 21.2. The van der Waals surface area contributed by atoms with Gasteiger partial charge in [0, 0.05) is 35.1 Å². The Morgan fingerprint density at radius 2 is 1.59 bits per heavy atom. The van der Waals surface area contributed by atoms with E-state index >= 15 is 0 Å². The average molecular weight is 413 g/mol. The molecule has 0 spiro atoms. The number of benzene rings is 3. The Morgan fingerprint density at radius 3 is 2.17 bits per heavy atom. The molecule has 0 heterocycles. The highest BCUT2D eigenvalue weighted by Gasteiger charge is 2.23. The molecule has 6 nitrogen and oxygen atoms in total. The van der Waals surface area contributed by atoms with Crippen molar-refractivity contribution in [3.8, 4) is 5.75 Å². The fourth-order valence-corrected chi connectivity index (χ4v) is 4.34. The number of fused-ring (bicyclic) bond motifs is 1. The minimum absolute atomic E-state index is 0.153. The van der Waals surface area contributed by atoms with Crippen LogP contribution in [0.3, 0.4) is 0 Å². The molecule has 0 aliphatic rings. The predicted octanol–water partition coefficient (Wildman–Crippen LogP) is 4.13. The van der Waals surface area contributed by atoms with Crippen LogP contribution in [0.15, 0.2) is 65.6 Å². The Bertz CT molecular complexity index is 1140. The first kappa shape index (κ1) is 20.8. The van der Waals surface area contributed by atoms with E-state index in [1.54, 1.807) is 33.1 Å². The van der Waals surface area contributed by atoms with Crippen LogP contribution in [0, 0.1) is 0 Å². The highest BCUT2D eigenvalue weighted by molar-refractivity contribution is 7.89. The number of amides is 1. The van der Waals surface area contributed by atoms with Gasteiger partial charge in [0.25, 0.3) is 5.91 Å². The molecule has 152 valence electrons. The largest absolute Gasteiger partial charge is 0.496 e. The number of ether oxygens (including phenoxy) is 1. The van der Waals surface area contributed by atoms with Crippen LogP contribution in [0.25, 0.3) is 10.8 Å². The fraction of sp³-hybridized carbons (Fsp3) is 0.227. The van der Waals surface area contributed by atoms with Gasteiger partial charge in [-0.05, 0) is 50.2 Å². The van der Waals surface area contributed by atoms with Gasteiger partial charge in [0.05, 0.1) is 12.0 Å². The molecule has 3 rings (SSSR count). The van der Waals surface area contributed by atoms with Gasteiger partial charge in [-0.25, -0.2) is 8.42 Å². The Kier molecular flexibility index (Phi) is 5.91. The predicted molar refractivity (Wildman–Crippen MR) is 115 cm³/mol. The Hall–Kier alpha value is -2.90. The molecule has 0 radical (unpaired) electrons. The van der Waals surface area contributed by atoms with Crippen molar-refractivity contribution in [1.82, 2.24) is 4.31 Å². The van der Waals surface area contributed by atoms with Gasteiger partial charge in [-0.15, -0.1) is 0 Å². The van der Waals surface area contributed by atoms with Gasteiger partial charge in [-0.2, -0.15) is 4.31 Å². The first-order valence-electron chi connectivity index (χ1n) is 9.21. The number of carbonyl (C=O) groups is 1. The standard InChI is InChI=1S/C22H24N2O4S/c1-15(2)24(3)29(26,27)17-11-9-16(10-12-17)22(25)23-20-13-14-21(28-4)19-8-6-5-7-18(19)20/h5-15H,1-4H3,(H,23,25). The summed E-state index contributed by atoms with van der Waals surface area (Å²) in [5.74, 6) is 0.406. The third-order valence-corrected chi connectivity index (χ3v) is 6.92. The third-order valence-electron chi connectivity index (χ3n) is 4.87. The molecule has 0 unspecified atom stereocenters. The van der Waals surface area contributed by atoms with E-state index in [0.29, 0.717) is 11.3 Å². The highest BCUT2D eigenvalue weighted by atomic mass is 32.2. The second-order valence-electron chi connectivity index (χ2n) is 6.95. The molecule has 0 aliphatic heterocycles. The lowest BCUT2D eigenvalue weighted by molar-refractivity contribution is 0.102. The molecular weight excluding hydrogens is 388 g/mol. The number of carbonyl (C=O) groups excluding carboxylic acids is 1. The van der Waals surface area contributed by atoms with Crippen molar-refractivity contribution < 1.29 is 17.9 Å². The number of nitrogens with one attached hydrogen (secondary N) is 1. The maximum atomic E-state index is 12.7. The van der Waals surface area contributed by atoms with Gasteiger partial charge in [0.15, 0.2) is 0 Å². The molecule has 1 amide bonds. The minimum Gasteiger partial charge on any atom is -0.496 e. The van der Waals surface area contributed by atoms with Gasteiger partial charge >= 0.3 is 0 Å². The van der Waals surface area contributed by atoms with E-state index in [4.69, 9.17) is 4.74 Å². The summed E-state index contributed by atoms with van der Waals surface area (Å²) < 4.78 is 31.8. The monoisotopic (exact) mass is 412 g/mol. The maximum absolute atomic E-state index is 12.7. The van der Waals surface area contributed by atoms with E-state index in [-0.39, 0.29) is 16.8 Å². The van der Waals surface area contributed by atoms with Crippen LogP contribution in [-0.2, 0) is 10.0 Å². The van der Waals surface area contributed by atoms with Crippen LogP contribution in [0.4, 0.5) is 5.69 Å². The van der Waals surface area contributed by atoms with E-state index in [1.165, 1.54) is 35.6 Å². The second-order valence-corrected chi connectivity index (χ2v) is 8.95. The number of nitrogens with zero attached hydrogens (tertiary/aromatic N) is 1. The van der Waals surface area contributed by atoms with Crippen molar-refractivity contribution in [3.63, 3.8) is 0 Å². The van der Waals surface area contributed by atoms with E-state index in [0.717, 1.165) is 16.5 Å². The molecule has 3 aromatic carbocycles. The summed E-state index contributed by atoms with van der Waals surface area (Å²) in [4.78, 5) is 12.9. The van der Waals surface area contributed by atoms with Crippen LogP contribution in [0.5, 0.6) is 5.75 Å². The van der Waals surface area contributed by atoms with Crippen molar-refractivity contribution in [2.75, 3.05) is 19.5 Å². The third kappa shape index (κ3) is 4.11. The van der Waals surface area contributed by atoms with E-state index in [2.05, 4.69) is 5.32 Å². The summed E-state index contributed by atoms with van der Waals surface area (Å²) in [5, 5.41) is 4.65. The van der Waals surface area contributed by atoms with Gasteiger partial charge in [-0.1, -0.05) is 24.3 Å². The molecule has 0 atom stereocenters. The van der Waals surface area contributed by atoms with E-state index in [9.17, 15) is 13.2 Å². The van der Waals surface area contributed by atoms with Gasteiger partial charge in [0.1, 0.15) is 5.75 Å². The average Bonchev–Trinajstić information content (AvgIpc) is 2.73. The fourth-order valence-electron chi connectivity index (χ4n) is 2.97. The van der Waals surface area contributed by atoms with Gasteiger partial charge in [0.2, 0.25) is 10.0 Å². The number of anilines is 1. The number of rotatable bonds is 6. The normalized spacial score (nSPS) is 11.8. The van der Waals surface area contributed by atoms with Crippen molar-refractivity contribution in [2.24, 2.45) is 0 Å². The molecule has 0 saturated carbocycles. The molecule has 29 heavy (non-hydrogen) atoms.